The molecule has 4 nitrogen and oxygen atoms in total. The quantitative estimate of drug-likeness (QED) is 0.625. The van der Waals surface area contributed by atoms with Crippen molar-refractivity contribution in [1.82, 2.24) is 5.43 Å². The van der Waals surface area contributed by atoms with E-state index in [0.29, 0.717) is 21.5 Å². The molecule has 2 aromatic carbocycles. The topological polar surface area (TPSA) is 50.7 Å². The molecule has 0 radical (unpaired) electrons. The van der Waals surface area contributed by atoms with Gasteiger partial charge in [-0.25, -0.2) is 5.43 Å². The molecule has 0 saturated carbocycles. The summed E-state index contributed by atoms with van der Waals surface area (Å²) >= 11 is 11.9. The fourth-order valence-electron chi connectivity index (χ4n) is 2.07. The minimum atomic E-state index is -0.339. The molecule has 6 heteroatoms. The molecule has 0 saturated heterocycles. The number of carbonyl (C=O) groups excluding carboxylic acids is 1. The van der Waals surface area contributed by atoms with E-state index in [4.69, 9.17) is 27.9 Å². The number of benzene rings is 2. The number of hydrazone groups is 1. The standard InChI is InChI=1S/C18H18Cl2N2O2/c1-11-8-16(9-12(2)18(11)20)24-10-17(23)22-21-13(3)14-4-6-15(19)7-5-14/h4-9H,10H2,1-3H3,(H,22,23)/b21-13+. The first-order valence-corrected chi connectivity index (χ1v) is 8.11. The van der Waals surface area contributed by atoms with Gasteiger partial charge in [0, 0.05) is 10.0 Å². The van der Waals surface area contributed by atoms with Crippen LogP contribution >= 0.6 is 23.2 Å². The van der Waals surface area contributed by atoms with Crippen LogP contribution in [0.1, 0.15) is 23.6 Å². The van der Waals surface area contributed by atoms with Crippen LogP contribution in [0.25, 0.3) is 0 Å². The molecule has 0 spiro atoms. The van der Waals surface area contributed by atoms with Gasteiger partial charge in [0.15, 0.2) is 6.61 Å². The summed E-state index contributed by atoms with van der Waals surface area (Å²) in [4.78, 5) is 11.9. The van der Waals surface area contributed by atoms with E-state index in [-0.39, 0.29) is 12.5 Å². The zero-order valence-electron chi connectivity index (χ0n) is 13.7. The summed E-state index contributed by atoms with van der Waals surface area (Å²) < 4.78 is 5.48. The van der Waals surface area contributed by atoms with Crippen LogP contribution in [0.5, 0.6) is 5.75 Å². The van der Waals surface area contributed by atoms with Crippen molar-refractivity contribution in [3.8, 4) is 5.75 Å². The number of hydrogen-bond acceptors (Lipinski definition) is 3. The van der Waals surface area contributed by atoms with Gasteiger partial charge >= 0.3 is 0 Å². The van der Waals surface area contributed by atoms with E-state index in [9.17, 15) is 4.79 Å². The molecular weight excluding hydrogens is 347 g/mol. The van der Waals surface area contributed by atoms with Gasteiger partial charge in [0.1, 0.15) is 5.75 Å². The van der Waals surface area contributed by atoms with Crippen molar-refractivity contribution >= 4 is 34.8 Å². The first-order valence-electron chi connectivity index (χ1n) is 7.35. The Hall–Kier alpha value is -2.04. The molecule has 0 atom stereocenters. The second-order valence-electron chi connectivity index (χ2n) is 5.40. The third-order valence-corrected chi connectivity index (χ3v) is 4.24. The molecule has 0 aliphatic rings. The van der Waals surface area contributed by atoms with Gasteiger partial charge in [0.2, 0.25) is 0 Å². The Labute approximate surface area is 151 Å². The smallest absolute Gasteiger partial charge is 0.277 e. The largest absolute Gasteiger partial charge is 0.484 e. The molecule has 0 aliphatic carbocycles. The lowest BCUT2D eigenvalue weighted by Gasteiger charge is -2.09. The number of ether oxygens (including phenoxy) is 1. The van der Waals surface area contributed by atoms with Crippen LogP contribution in [0.3, 0.4) is 0 Å². The van der Waals surface area contributed by atoms with Crippen LogP contribution in [-0.2, 0) is 4.79 Å². The molecular formula is C18H18Cl2N2O2. The van der Waals surface area contributed by atoms with Crippen LogP contribution in [0.4, 0.5) is 0 Å². The second kappa shape index (κ2) is 8.18. The van der Waals surface area contributed by atoms with Gasteiger partial charge in [-0.3, -0.25) is 4.79 Å². The molecule has 0 aromatic heterocycles. The summed E-state index contributed by atoms with van der Waals surface area (Å²) in [5.41, 5.74) is 5.84. The zero-order valence-corrected chi connectivity index (χ0v) is 15.2. The number of nitrogens with one attached hydrogen (secondary N) is 1. The Morgan fingerprint density at radius 2 is 1.71 bits per heavy atom. The van der Waals surface area contributed by atoms with E-state index in [1.807, 2.05) is 26.0 Å². The second-order valence-corrected chi connectivity index (χ2v) is 6.21. The maximum atomic E-state index is 11.9. The number of amides is 1. The van der Waals surface area contributed by atoms with E-state index in [1.165, 1.54) is 0 Å². The zero-order chi connectivity index (χ0) is 17.7. The third kappa shape index (κ3) is 4.98. The summed E-state index contributed by atoms with van der Waals surface area (Å²) in [6.45, 7) is 5.46. The Bertz CT molecular complexity index is 748. The number of halogens is 2. The fraction of sp³-hybridized carbons (Fsp3) is 0.222. The van der Waals surface area contributed by atoms with E-state index in [0.717, 1.165) is 16.7 Å². The lowest BCUT2D eigenvalue weighted by Crippen LogP contribution is -2.25. The van der Waals surface area contributed by atoms with Gasteiger partial charge in [0.05, 0.1) is 5.71 Å². The summed E-state index contributed by atoms with van der Waals surface area (Å²) in [7, 11) is 0. The highest BCUT2D eigenvalue weighted by atomic mass is 35.5. The SMILES string of the molecule is C/C(=N\NC(=O)COc1cc(C)c(Cl)c(C)c1)c1ccc(Cl)cc1. The van der Waals surface area contributed by atoms with Gasteiger partial charge in [0.25, 0.3) is 5.91 Å². The predicted molar refractivity (Wildman–Crippen MR) is 98.2 cm³/mol. The van der Waals surface area contributed by atoms with Crippen LogP contribution in [0, 0.1) is 13.8 Å². The summed E-state index contributed by atoms with van der Waals surface area (Å²) in [5.74, 6) is 0.261. The van der Waals surface area contributed by atoms with Gasteiger partial charge in [-0.1, -0.05) is 35.3 Å². The minimum Gasteiger partial charge on any atom is -0.484 e. The highest BCUT2D eigenvalue weighted by Gasteiger charge is 2.06. The number of carbonyl (C=O) groups is 1. The van der Waals surface area contributed by atoms with Crippen LogP contribution in [0.15, 0.2) is 41.5 Å². The predicted octanol–water partition coefficient (Wildman–Crippen LogP) is 4.53. The lowest BCUT2D eigenvalue weighted by molar-refractivity contribution is -0.123. The highest BCUT2D eigenvalue weighted by molar-refractivity contribution is 6.32. The maximum Gasteiger partial charge on any atom is 0.277 e. The van der Waals surface area contributed by atoms with Crippen molar-refractivity contribution in [2.75, 3.05) is 6.61 Å². The molecule has 126 valence electrons. The third-order valence-electron chi connectivity index (χ3n) is 3.39. The molecule has 0 heterocycles. The summed E-state index contributed by atoms with van der Waals surface area (Å²) in [6, 6.07) is 10.8. The normalized spacial score (nSPS) is 11.3. The number of aryl methyl sites for hydroxylation is 2. The molecule has 1 N–H and O–H groups in total. The lowest BCUT2D eigenvalue weighted by atomic mass is 10.1. The van der Waals surface area contributed by atoms with Crippen molar-refractivity contribution < 1.29 is 9.53 Å². The van der Waals surface area contributed by atoms with Crippen LogP contribution < -0.4 is 10.2 Å². The van der Waals surface area contributed by atoms with Gasteiger partial charge in [-0.15, -0.1) is 0 Å². The maximum absolute atomic E-state index is 11.9. The van der Waals surface area contributed by atoms with Crippen molar-refractivity contribution in [1.29, 1.82) is 0 Å². The molecule has 0 unspecified atom stereocenters. The number of nitrogens with zero attached hydrogens (tertiary/aromatic N) is 1. The van der Waals surface area contributed by atoms with E-state index in [2.05, 4.69) is 10.5 Å². The Morgan fingerprint density at radius 3 is 2.29 bits per heavy atom. The molecule has 2 rings (SSSR count). The molecule has 24 heavy (non-hydrogen) atoms. The summed E-state index contributed by atoms with van der Waals surface area (Å²) in [5, 5.41) is 5.41. The van der Waals surface area contributed by atoms with E-state index < -0.39 is 0 Å². The Morgan fingerprint density at radius 1 is 1.12 bits per heavy atom. The van der Waals surface area contributed by atoms with Crippen molar-refractivity contribution in [2.45, 2.75) is 20.8 Å². The van der Waals surface area contributed by atoms with E-state index >= 15 is 0 Å². The van der Waals surface area contributed by atoms with Crippen LogP contribution in [0.2, 0.25) is 10.0 Å². The molecule has 2 aromatic rings. The van der Waals surface area contributed by atoms with Gasteiger partial charge < -0.3 is 4.74 Å². The molecule has 0 bridgehead atoms. The van der Waals surface area contributed by atoms with Crippen molar-refractivity contribution in [3.63, 3.8) is 0 Å². The Kier molecular flexibility index (Phi) is 6.23. The first kappa shape index (κ1) is 18.3. The van der Waals surface area contributed by atoms with Gasteiger partial charge in [-0.2, -0.15) is 5.10 Å². The number of rotatable bonds is 5. The molecule has 0 fully saturated rings. The van der Waals surface area contributed by atoms with Crippen molar-refractivity contribution in [3.05, 3.63) is 63.1 Å². The molecule has 1 amide bonds. The first-order chi connectivity index (χ1) is 11.4. The monoisotopic (exact) mass is 364 g/mol. The van der Waals surface area contributed by atoms with Crippen molar-refractivity contribution in [2.24, 2.45) is 5.10 Å². The van der Waals surface area contributed by atoms with Crippen LogP contribution in [-0.4, -0.2) is 18.2 Å². The Balaban J connectivity index is 1.91. The molecule has 0 aliphatic heterocycles. The average Bonchev–Trinajstić information content (AvgIpc) is 2.56. The average molecular weight is 365 g/mol. The minimum absolute atomic E-state index is 0.127. The highest BCUT2D eigenvalue weighted by Crippen LogP contribution is 2.25. The number of hydrogen-bond donors (Lipinski definition) is 1. The summed E-state index contributed by atoms with van der Waals surface area (Å²) in [6.07, 6.45) is 0. The van der Waals surface area contributed by atoms with E-state index in [1.54, 1.807) is 31.2 Å². The fourth-order valence-corrected chi connectivity index (χ4v) is 2.31. The van der Waals surface area contributed by atoms with Gasteiger partial charge in [-0.05, 0) is 61.7 Å².